The van der Waals surface area contributed by atoms with Crippen molar-refractivity contribution in [1.29, 1.82) is 0 Å². The monoisotopic (exact) mass is 590 g/mol. The van der Waals surface area contributed by atoms with Gasteiger partial charge in [0.05, 0.1) is 6.04 Å². The highest BCUT2D eigenvalue weighted by atomic mass is 19.4. The molecule has 1 aliphatic heterocycles. The number of nitrogens with two attached hydrogens (primary N) is 2. The van der Waals surface area contributed by atoms with Crippen LogP contribution >= 0.6 is 0 Å². The van der Waals surface area contributed by atoms with E-state index in [9.17, 15) is 40.7 Å². The zero-order valence-electron chi connectivity index (χ0n) is 21.5. The third-order valence-electron chi connectivity index (χ3n) is 6.10. The van der Waals surface area contributed by atoms with E-state index < -0.39 is 65.4 Å². The van der Waals surface area contributed by atoms with Crippen LogP contribution in [0.2, 0.25) is 0 Å². The molecule has 9 nitrogen and oxygen atoms in total. The molecule has 2 aromatic rings. The van der Waals surface area contributed by atoms with Crippen LogP contribution in [0.1, 0.15) is 30.4 Å². The van der Waals surface area contributed by atoms with Crippen LogP contribution in [0.4, 0.5) is 26.3 Å². The number of rotatable bonds is 9. The van der Waals surface area contributed by atoms with Crippen LogP contribution in [0.25, 0.3) is 0 Å². The molecular weight excluding hydrogens is 562 g/mol. The van der Waals surface area contributed by atoms with Crippen molar-refractivity contribution in [2.75, 3.05) is 6.54 Å². The Kier molecular flexibility index (Phi) is 11.7. The average Bonchev–Trinajstić information content (AvgIpc) is 3.38. The normalized spacial score (nSPS) is 16.3. The Bertz CT molecular complexity index is 1240. The minimum atomic E-state index is -5.08. The minimum Gasteiger partial charge on any atom is -0.475 e. The van der Waals surface area contributed by atoms with E-state index in [1.54, 1.807) is 12.1 Å². The van der Waals surface area contributed by atoms with Gasteiger partial charge in [0.25, 0.3) is 0 Å². The number of carboxylic acids is 1. The molecule has 1 aliphatic rings. The van der Waals surface area contributed by atoms with Crippen LogP contribution in [0.3, 0.4) is 0 Å². The second-order valence-corrected chi connectivity index (χ2v) is 9.22. The summed E-state index contributed by atoms with van der Waals surface area (Å²) in [5.74, 6) is -8.04. The summed E-state index contributed by atoms with van der Waals surface area (Å²) < 4.78 is 73.1. The van der Waals surface area contributed by atoms with E-state index in [-0.39, 0.29) is 24.8 Å². The molecule has 3 amide bonds. The van der Waals surface area contributed by atoms with Crippen molar-refractivity contribution in [2.24, 2.45) is 11.5 Å². The number of carbonyl (C=O) groups excluding carboxylic acids is 3. The van der Waals surface area contributed by atoms with Crippen LogP contribution in [0, 0.1) is 17.5 Å². The van der Waals surface area contributed by atoms with Crippen molar-refractivity contribution >= 4 is 23.7 Å². The van der Waals surface area contributed by atoms with Crippen molar-refractivity contribution in [3.8, 4) is 0 Å². The lowest BCUT2D eigenvalue weighted by molar-refractivity contribution is -0.192. The highest BCUT2D eigenvalue weighted by Crippen LogP contribution is 2.21. The number of benzene rings is 2. The first-order valence-electron chi connectivity index (χ1n) is 12.2. The number of nitrogens with one attached hydrogen (secondary N) is 1. The van der Waals surface area contributed by atoms with Crippen molar-refractivity contribution in [2.45, 2.75) is 56.4 Å². The SMILES string of the molecule is NC(=O)C1CCCN1C(=O)C[C@@H](Cc1cc(F)c(F)cc1F)NC(=O)C(N)Cc1ccccc1.O=C(O)C(F)(F)F. The summed E-state index contributed by atoms with van der Waals surface area (Å²) in [6.07, 6.45) is -4.42. The number of hydrogen-bond donors (Lipinski definition) is 4. The molecule has 3 rings (SSSR count). The smallest absolute Gasteiger partial charge is 0.475 e. The predicted octanol–water partition coefficient (Wildman–Crippen LogP) is 2.20. The standard InChI is InChI=1S/C24H27F3N4O3.C2HF3O2/c25-17-13-19(27)18(26)11-15(17)10-16(12-22(32)31-8-4-7-21(31)23(29)33)30-24(34)20(28)9-14-5-2-1-3-6-14;3-2(4,5)1(6)7/h1-3,5-6,11,13,16,20-21H,4,7-10,12,28H2,(H2,29,33)(H,30,34);(H,6,7)/t16-,20?,21?;/m1./s1. The zero-order valence-corrected chi connectivity index (χ0v) is 21.5. The fraction of sp³-hybridized carbons (Fsp3) is 0.385. The van der Waals surface area contributed by atoms with E-state index in [1.165, 1.54) is 4.90 Å². The second-order valence-electron chi connectivity index (χ2n) is 9.22. The molecule has 6 N–H and O–H groups in total. The van der Waals surface area contributed by atoms with E-state index in [2.05, 4.69) is 5.32 Å². The van der Waals surface area contributed by atoms with E-state index in [0.29, 0.717) is 31.5 Å². The first kappa shape index (κ1) is 33.1. The number of halogens is 6. The fourth-order valence-corrected chi connectivity index (χ4v) is 4.12. The van der Waals surface area contributed by atoms with E-state index in [4.69, 9.17) is 21.4 Å². The van der Waals surface area contributed by atoms with Gasteiger partial charge in [-0.1, -0.05) is 30.3 Å². The van der Waals surface area contributed by atoms with Crippen molar-refractivity contribution in [1.82, 2.24) is 10.2 Å². The van der Waals surface area contributed by atoms with Gasteiger partial charge in [-0.2, -0.15) is 13.2 Å². The van der Waals surface area contributed by atoms with Crippen LogP contribution in [0.5, 0.6) is 0 Å². The van der Waals surface area contributed by atoms with Gasteiger partial charge in [0.1, 0.15) is 11.9 Å². The largest absolute Gasteiger partial charge is 0.490 e. The number of primary amides is 1. The quantitative estimate of drug-likeness (QED) is 0.259. The molecule has 0 aliphatic carbocycles. The molecule has 0 saturated carbocycles. The number of hydrogen-bond acceptors (Lipinski definition) is 5. The lowest BCUT2D eigenvalue weighted by Crippen LogP contribution is -2.50. The van der Waals surface area contributed by atoms with Crippen LogP contribution in [-0.2, 0) is 32.0 Å². The number of alkyl halides is 3. The number of nitrogens with zero attached hydrogens (tertiary/aromatic N) is 1. The molecule has 41 heavy (non-hydrogen) atoms. The average molecular weight is 591 g/mol. The lowest BCUT2D eigenvalue weighted by atomic mass is 10.00. The van der Waals surface area contributed by atoms with Gasteiger partial charge in [-0.15, -0.1) is 0 Å². The number of amides is 3. The van der Waals surface area contributed by atoms with Gasteiger partial charge >= 0.3 is 12.1 Å². The van der Waals surface area contributed by atoms with Gasteiger partial charge < -0.3 is 26.8 Å². The first-order chi connectivity index (χ1) is 19.1. The number of carbonyl (C=O) groups is 4. The van der Waals surface area contributed by atoms with Crippen LogP contribution in [-0.4, -0.2) is 64.5 Å². The molecule has 1 saturated heterocycles. The van der Waals surface area contributed by atoms with Gasteiger partial charge in [-0.3, -0.25) is 14.4 Å². The van der Waals surface area contributed by atoms with Gasteiger partial charge in [-0.05, 0) is 42.9 Å². The van der Waals surface area contributed by atoms with Gasteiger partial charge in [-0.25, -0.2) is 18.0 Å². The Morgan fingerprint density at radius 3 is 2.15 bits per heavy atom. The molecule has 1 heterocycles. The molecule has 3 atom stereocenters. The lowest BCUT2D eigenvalue weighted by Gasteiger charge is -2.26. The molecule has 15 heteroatoms. The Labute approximate surface area is 230 Å². The summed E-state index contributed by atoms with van der Waals surface area (Å²) in [7, 11) is 0. The van der Waals surface area contributed by atoms with E-state index in [1.807, 2.05) is 18.2 Å². The summed E-state index contributed by atoms with van der Waals surface area (Å²) in [6, 6.07) is 7.46. The Hall–Kier alpha value is -4.14. The van der Waals surface area contributed by atoms with E-state index in [0.717, 1.165) is 5.56 Å². The number of carboxylic acid groups (broad SMARTS) is 1. The molecular formula is C26H28F6N4O5. The second kappa shape index (κ2) is 14.5. The third kappa shape index (κ3) is 10.1. The number of likely N-dealkylation sites (tertiary alicyclic amines) is 1. The Morgan fingerprint density at radius 1 is 1.00 bits per heavy atom. The first-order valence-corrected chi connectivity index (χ1v) is 12.2. The summed E-state index contributed by atoms with van der Waals surface area (Å²) >= 11 is 0. The number of aliphatic carboxylic acids is 1. The van der Waals surface area contributed by atoms with Gasteiger partial charge in [0, 0.05) is 25.1 Å². The van der Waals surface area contributed by atoms with Gasteiger partial charge in [0.2, 0.25) is 17.7 Å². The topological polar surface area (TPSA) is 156 Å². The van der Waals surface area contributed by atoms with Gasteiger partial charge in [0.15, 0.2) is 11.6 Å². The van der Waals surface area contributed by atoms with E-state index >= 15 is 0 Å². The highest BCUT2D eigenvalue weighted by molar-refractivity contribution is 5.88. The molecule has 224 valence electrons. The van der Waals surface area contributed by atoms with Crippen molar-refractivity contribution in [3.05, 3.63) is 71.0 Å². The predicted molar refractivity (Wildman–Crippen MR) is 132 cm³/mol. The molecule has 2 unspecified atom stereocenters. The van der Waals surface area contributed by atoms with Crippen molar-refractivity contribution in [3.63, 3.8) is 0 Å². The molecule has 0 radical (unpaired) electrons. The Morgan fingerprint density at radius 2 is 1.59 bits per heavy atom. The molecule has 0 bridgehead atoms. The maximum atomic E-state index is 14.3. The molecule has 0 aromatic heterocycles. The van der Waals surface area contributed by atoms with Crippen LogP contribution in [0.15, 0.2) is 42.5 Å². The Balaban J connectivity index is 0.000000745. The summed E-state index contributed by atoms with van der Waals surface area (Å²) in [5.41, 5.74) is 12.0. The molecule has 2 aromatic carbocycles. The fourth-order valence-electron chi connectivity index (χ4n) is 4.12. The van der Waals surface area contributed by atoms with Crippen LogP contribution < -0.4 is 16.8 Å². The third-order valence-corrected chi connectivity index (χ3v) is 6.10. The molecule has 1 fully saturated rings. The summed E-state index contributed by atoms with van der Waals surface area (Å²) in [5, 5.41) is 9.76. The maximum absolute atomic E-state index is 14.3. The summed E-state index contributed by atoms with van der Waals surface area (Å²) in [6.45, 7) is 0.320. The van der Waals surface area contributed by atoms with Crippen molar-refractivity contribution < 1.29 is 50.6 Å². The minimum absolute atomic E-state index is 0.207. The molecule has 0 spiro atoms. The maximum Gasteiger partial charge on any atom is 0.490 e. The zero-order chi connectivity index (χ0) is 30.9. The highest BCUT2D eigenvalue weighted by Gasteiger charge is 2.38. The summed E-state index contributed by atoms with van der Waals surface area (Å²) in [4.78, 5) is 47.6.